The Morgan fingerprint density at radius 3 is 2.09 bits per heavy atom. The van der Waals surface area contributed by atoms with Crippen LogP contribution in [0.5, 0.6) is 11.5 Å². The number of allylic oxidation sites excluding steroid dienone is 4. The molecule has 2 aliphatic carbocycles. The first-order chi connectivity index (χ1) is 21.1. The number of rotatable bonds is 8. The van der Waals surface area contributed by atoms with Gasteiger partial charge in [-0.2, -0.15) is 0 Å². The minimum absolute atomic E-state index is 0.105. The number of aryl methyl sites for hydroxylation is 2. The Morgan fingerprint density at radius 1 is 0.956 bits per heavy atom. The summed E-state index contributed by atoms with van der Waals surface area (Å²) in [7, 11) is 1.57. The zero-order chi connectivity index (χ0) is 32.8. The van der Waals surface area contributed by atoms with Crippen molar-refractivity contribution >= 4 is 45.8 Å². The van der Waals surface area contributed by atoms with E-state index in [0.29, 0.717) is 24.3 Å². The van der Waals surface area contributed by atoms with E-state index in [1.165, 1.54) is 0 Å². The molecule has 240 valence electrons. The highest BCUT2D eigenvalue weighted by atomic mass is 127. The SMILES string of the molecule is CCCN1C2=C(C(=O)CC(C)(C)C2)C(c2cc(I)c(OCC(=O)Nc3ccc(C)cc3C)c(OC)c2)C2=C1CC(C)(C)CC2=O. The fourth-order valence-electron chi connectivity index (χ4n) is 7.20. The van der Waals surface area contributed by atoms with Gasteiger partial charge < -0.3 is 19.7 Å². The second-order valence-electron chi connectivity index (χ2n) is 14.4. The molecule has 0 spiro atoms. The lowest BCUT2D eigenvalue weighted by Crippen LogP contribution is -2.44. The fraction of sp³-hybridized carbons (Fsp3) is 0.486. The molecule has 0 unspecified atom stereocenters. The second-order valence-corrected chi connectivity index (χ2v) is 15.5. The van der Waals surface area contributed by atoms with Crippen LogP contribution < -0.4 is 14.8 Å². The number of nitrogens with one attached hydrogen (secondary N) is 1. The van der Waals surface area contributed by atoms with Gasteiger partial charge in [0.25, 0.3) is 5.91 Å². The van der Waals surface area contributed by atoms with Gasteiger partial charge in [0, 0.05) is 53.5 Å². The van der Waals surface area contributed by atoms with Crippen molar-refractivity contribution < 1.29 is 23.9 Å². The highest BCUT2D eigenvalue weighted by molar-refractivity contribution is 14.1. The molecule has 0 fully saturated rings. The van der Waals surface area contributed by atoms with E-state index >= 15 is 0 Å². The Hall–Kier alpha value is -3.14. The summed E-state index contributed by atoms with van der Waals surface area (Å²) in [6.45, 7) is 15.3. The Balaban J connectivity index is 1.55. The van der Waals surface area contributed by atoms with Crippen molar-refractivity contribution in [3.05, 3.63) is 73.1 Å². The molecular weight excluding hydrogens is 679 g/mol. The summed E-state index contributed by atoms with van der Waals surface area (Å²) in [6, 6.07) is 9.73. The molecule has 45 heavy (non-hydrogen) atoms. The summed E-state index contributed by atoms with van der Waals surface area (Å²) >= 11 is 2.20. The first kappa shape index (κ1) is 33.2. The lowest BCUT2D eigenvalue weighted by molar-refractivity contribution is -0.120. The van der Waals surface area contributed by atoms with Gasteiger partial charge in [-0.05, 0) is 95.9 Å². The topological polar surface area (TPSA) is 84.9 Å². The van der Waals surface area contributed by atoms with Gasteiger partial charge in [-0.15, -0.1) is 0 Å². The molecule has 0 aromatic heterocycles. The number of halogens is 1. The molecule has 1 heterocycles. The number of hydrogen-bond acceptors (Lipinski definition) is 6. The molecule has 0 atom stereocenters. The predicted molar refractivity (Wildman–Crippen MR) is 186 cm³/mol. The summed E-state index contributed by atoms with van der Waals surface area (Å²) in [5.41, 5.74) is 6.96. The fourth-order valence-corrected chi connectivity index (χ4v) is 7.98. The molecule has 7 nitrogen and oxygen atoms in total. The molecule has 0 radical (unpaired) electrons. The smallest absolute Gasteiger partial charge is 0.262 e. The van der Waals surface area contributed by atoms with Crippen LogP contribution in [0.15, 0.2) is 52.9 Å². The van der Waals surface area contributed by atoms with Crippen molar-refractivity contribution in [3.63, 3.8) is 0 Å². The minimum atomic E-state index is -0.473. The van der Waals surface area contributed by atoms with Gasteiger partial charge in [0.1, 0.15) is 0 Å². The maximum Gasteiger partial charge on any atom is 0.262 e. The molecule has 2 aromatic carbocycles. The van der Waals surface area contributed by atoms with E-state index in [0.717, 1.165) is 74.3 Å². The average molecular weight is 725 g/mol. The van der Waals surface area contributed by atoms with Crippen LogP contribution in [0.3, 0.4) is 0 Å². The molecule has 1 N–H and O–H groups in total. The molecule has 0 saturated carbocycles. The van der Waals surface area contributed by atoms with Crippen LogP contribution in [0.4, 0.5) is 5.69 Å². The van der Waals surface area contributed by atoms with E-state index in [4.69, 9.17) is 9.47 Å². The second kappa shape index (κ2) is 12.6. The van der Waals surface area contributed by atoms with E-state index in [2.05, 4.69) is 67.4 Å². The molecule has 2 aromatic rings. The Labute approximate surface area is 280 Å². The lowest BCUT2D eigenvalue weighted by atomic mass is 9.63. The number of amides is 1. The van der Waals surface area contributed by atoms with Crippen molar-refractivity contribution in [2.75, 3.05) is 25.6 Å². The van der Waals surface area contributed by atoms with E-state index in [1.54, 1.807) is 7.11 Å². The number of nitrogens with zero attached hydrogens (tertiary/aromatic N) is 1. The number of hydrogen-bond donors (Lipinski definition) is 1. The summed E-state index contributed by atoms with van der Waals surface area (Å²) in [6.07, 6.45) is 3.35. The number of ether oxygens (including phenoxy) is 2. The molecule has 1 amide bonds. The van der Waals surface area contributed by atoms with E-state index < -0.39 is 5.92 Å². The number of Topliss-reactive ketones (excluding diaryl/α,β-unsaturated/α-hetero) is 2. The number of carbonyl (C=O) groups is 3. The van der Waals surface area contributed by atoms with Crippen molar-refractivity contribution in [2.24, 2.45) is 10.8 Å². The third-order valence-corrected chi connectivity index (χ3v) is 9.86. The zero-order valence-electron chi connectivity index (χ0n) is 27.8. The minimum Gasteiger partial charge on any atom is -0.493 e. The molecular formula is C37H45IN2O5. The highest BCUT2D eigenvalue weighted by Gasteiger charge is 2.49. The van der Waals surface area contributed by atoms with E-state index in [-0.39, 0.29) is 34.9 Å². The van der Waals surface area contributed by atoms with Gasteiger partial charge in [0.2, 0.25) is 0 Å². The third-order valence-electron chi connectivity index (χ3n) is 9.06. The van der Waals surface area contributed by atoms with Crippen LogP contribution in [-0.4, -0.2) is 42.6 Å². The summed E-state index contributed by atoms with van der Waals surface area (Å²) < 4.78 is 12.6. The van der Waals surface area contributed by atoms with Crippen LogP contribution in [0, 0.1) is 28.2 Å². The molecule has 0 saturated heterocycles. The summed E-state index contributed by atoms with van der Waals surface area (Å²) in [5.74, 6) is 0.380. The number of ketones is 2. The Kier molecular flexibility index (Phi) is 9.28. The Morgan fingerprint density at radius 2 is 1.56 bits per heavy atom. The number of benzene rings is 2. The third kappa shape index (κ3) is 6.71. The molecule has 3 aliphatic rings. The maximum atomic E-state index is 14.0. The van der Waals surface area contributed by atoms with Crippen LogP contribution in [-0.2, 0) is 14.4 Å². The normalized spacial score (nSPS) is 19.4. The van der Waals surface area contributed by atoms with E-state index in [1.807, 2.05) is 44.2 Å². The Bertz CT molecular complexity index is 1580. The summed E-state index contributed by atoms with van der Waals surface area (Å²) in [5, 5.41) is 2.93. The first-order valence-electron chi connectivity index (χ1n) is 15.8. The van der Waals surface area contributed by atoms with Crippen LogP contribution >= 0.6 is 22.6 Å². The summed E-state index contributed by atoms with van der Waals surface area (Å²) in [4.78, 5) is 43.2. The van der Waals surface area contributed by atoms with Gasteiger partial charge in [-0.1, -0.05) is 52.3 Å². The standard InChI is InChI=1S/C37H45IN2O5/c1-9-12-40-26-16-36(4,5)18-28(41)33(26)32(34-27(40)17-37(6,7)19-29(34)42)23-14-24(38)35(30(15-23)44-8)45-20-31(43)39-25-11-10-21(2)13-22(25)3/h10-11,13-15,32H,9,12,16-20H2,1-8H3,(H,39,43). The van der Waals surface area contributed by atoms with Crippen LogP contribution in [0.1, 0.15) is 89.3 Å². The molecule has 5 rings (SSSR count). The molecule has 8 heteroatoms. The van der Waals surface area contributed by atoms with Crippen molar-refractivity contribution in [1.29, 1.82) is 0 Å². The van der Waals surface area contributed by atoms with Crippen molar-refractivity contribution in [2.45, 2.75) is 86.5 Å². The average Bonchev–Trinajstić information content (AvgIpc) is 2.93. The molecule has 1 aliphatic heterocycles. The van der Waals surface area contributed by atoms with Gasteiger partial charge in [0.15, 0.2) is 29.7 Å². The maximum absolute atomic E-state index is 14.0. The zero-order valence-corrected chi connectivity index (χ0v) is 29.9. The molecule has 0 bridgehead atoms. The quantitative estimate of drug-likeness (QED) is 0.278. The number of anilines is 1. The van der Waals surface area contributed by atoms with Gasteiger partial charge in [-0.3, -0.25) is 14.4 Å². The monoisotopic (exact) mass is 724 g/mol. The van der Waals surface area contributed by atoms with Gasteiger partial charge >= 0.3 is 0 Å². The predicted octanol–water partition coefficient (Wildman–Crippen LogP) is 8.03. The van der Waals surface area contributed by atoms with Crippen molar-refractivity contribution in [3.8, 4) is 11.5 Å². The largest absolute Gasteiger partial charge is 0.493 e. The van der Waals surface area contributed by atoms with Crippen molar-refractivity contribution in [1.82, 2.24) is 4.90 Å². The number of carbonyl (C=O) groups excluding carboxylic acids is 3. The van der Waals surface area contributed by atoms with Crippen LogP contribution in [0.2, 0.25) is 0 Å². The van der Waals surface area contributed by atoms with Crippen LogP contribution in [0.25, 0.3) is 0 Å². The lowest BCUT2D eigenvalue weighted by Gasteiger charge is -2.49. The van der Waals surface area contributed by atoms with Gasteiger partial charge in [-0.25, -0.2) is 0 Å². The highest BCUT2D eigenvalue weighted by Crippen LogP contribution is 2.55. The first-order valence-corrected chi connectivity index (χ1v) is 16.9. The van der Waals surface area contributed by atoms with E-state index in [9.17, 15) is 14.4 Å². The number of methoxy groups -OCH3 is 1. The van der Waals surface area contributed by atoms with Gasteiger partial charge in [0.05, 0.1) is 10.7 Å².